The highest BCUT2D eigenvalue weighted by Gasteiger charge is 2.32. The number of oxazole rings is 1. The van der Waals surface area contributed by atoms with Crippen LogP contribution in [0.4, 0.5) is 19.2 Å². The average molecular weight is 237 g/mol. The first-order valence-corrected chi connectivity index (χ1v) is 4.18. The summed E-state index contributed by atoms with van der Waals surface area (Å²) in [6, 6.07) is 1.39. The summed E-state index contributed by atoms with van der Waals surface area (Å²) in [7, 11) is 0. The Morgan fingerprint density at radius 2 is 2.00 bits per heavy atom. The third-order valence-corrected chi connectivity index (χ3v) is 2.07. The third-order valence-electron chi connectivity index (χ3n) is 1.79. The maximum Gasteiger partial charge on any atom is 0.416 e. The molecular formula is C8H4ClF3N2O. The Labute approximate surface area is 86.6 Å². The second-order valence-corrected chi connectivity index (χ2v) is 3.26. The monoisotopic (exact) mass is 236 g/mol. The van der Waals surface area contributed by atoms with E-state index < -0.39 is 11.7 Å². The molecule has 2 aromatic rings. The Kier molecular flexibility index (Phi) is 2.04. The van der Waals surface area contributed by atoms with E-state index in [1.54, 1.807) is 0 Å². The van der Waals surface area contributed by atoms with Crippen LogP contribution in [-0.4, -0.2) is 4.98 Å². The highest BCUT2D eigenvalue weighted by atomic mass is 35.5. The standard InChI is InChI=1S/C8H4ClF3N2O/c9-4-1-3(8(10,11)12)2-5-6(4)15-7(13)14-5/h1-2H,(H2,13,14). The van der Waals surface area contributed by atoms with Crippen LogP contribution in [0.5, 0.6) is 0 Å². The molecule has 0 unspecified atom stereocenters. The molecule has 0 saturated carbocycles. The largest absolute Gasteiger partial charge is 0.422 e. The molecule has 2 N–H and O–H groups in total. The maximum atomic E-state index is 12.4. The van der Waals surface area contributed by atoms with Crippen molar-refractivity contribution >= 4 is 28.7 Å². The van der Waals surface area contributed by atoms with Crippen LogP contribution in [0, 0.1) is 0 Å². The second-order valence-electron chi connectivity index (χ2n) is 2.86. The first-order chi connectivity index (χ1) is 6.88. The fraction of sp³-hybridized carbons (Fsp3) is 0.125. The van der Waals surface area contributed by atoms with Crippen molar-refractivity contribution in [3.8, 4) is 0 Å². The average Bonchev–Trinajstić information content (AvgIpc) is 2.44. The molecule has 0 fully saturated rings. The van der Waals surface area contributed by atoms with Crippen molar-refractivity contribution in [3.05, 3.63) is 22.7 Å². The van der Waals surface area contributed by atoms with Gasteiger partial charge in [-0.3, -0.25) is 0 Å². The second kappa shape index (κ2) is 3.03. The Balaban J connectivity index is 2.72. The molecule has 1 aromatic carbocycles. The maximum absolute atomic E-state index is 12.4. The number of fused-ring (bicyclic) bond motifs is 1. The number of rotatable bonds is 0. The number of benzene rings is 1. The zero-order valence-corrected chi connectivity index (χ0v) is 7.86. The van der Waals surface area contributed by atoms with Gasteiger partial charge in [0.05, 0.1) is 10.6 Å². The Morgan fingerprint density at radius 3 is 2.60 bits per heavy atom. The summed E-state index contributed by atoms with van der Waals surface area (Å²) in [6.07, 6.45) is -4.47. The molecule has 1 heterocycles. The molecule has 80 valence electrons. The lowest BCUT2D eigenvalue weighted by molar-refractivity contribution is -0.137. The fourth-order valence-electron chi connectivity index (χ4n) is 1.17. The van der Waals surface area contributed by atoms with Crippen molar-refractivity contribution in [2.24, 2.45) is 0 Å². The Morgan fingerprint density at radius 1 is 1.33 bits per heavy atom. The summed E-state index contributed by atoms with van der Waals surface area (Å²) in [6.45, 7) is 0. The van der Waals surface area contributed by atoms with Gasteiger partial charge in [0.2, 0.25) is 0 Å². The van der Waals surface area contributed by atoms with Gasteiger partial charge in [-0.2, -0.15) is 18.2 Å². The van der Waals surface area contributed by atoms with E-state index >= 15 is 0 Å². The van der Waals surface area contributed by atoms with Crippen molar-refractivity contribution in [1.29, 1.82) is 0 Å². The lowest BCUT2D eigenvalue weighted by atomic mass is 10.2. The number of nitrogens with two attached hydrogens (primary N) is 1. The molecule has 0 radical (unpaired) electrons. The molecule has 0 saturated heterocycles. The van der Waals surface area contributed by atoms with Gasteiger partial charge >= 0.3 is 6.18 Å². The number of hydrogen-bond donors (Lipinski definition) is 1. The molecule has 0 aliphatic heterocycles. The highest BCUT2D eigenvalue weighted by molar-refractivity contribution is 6.34. The molecule has 0 atom stereocenters. The smallest absolute Gasteiger partial charge is 0.416 e. The molecule has 0 spiro atoms. The normalized spacial score (nSPS) is 12.3. The molecule has 2 rings (SSSR count). The highest BCUT2D eigenvalue weighted by Crippen LogP contribution is 2.35. The van der Waals surface area contributed by atoms with Crippen LogP contribution in [-0.2, 0) is 6.18 Å². The number of nitrogen functional groups attached to an aromatic ring is 1. The van der Waals surface area contributed by atoms with E-state index in [1.807, 2.05) is 0 Å². The van der Waals surface area contributed by atoms with Crippen LogP contribution in [0.15, 0.2) is 16.5 Å². The number of halogens is 4. The zero-order valence-electron chi connectivity index (χ0n) is 7.10. The summed E-state index contributed by atoms with van der Waals surface area (Å²) >= 11 is 5.59. The minimum atomic E-state index is -4.47. The minimum Gasteiger partial charge on any atom is -0.422 e. The number of nitrogens with zero attached hydrogens (tertiary/aromatic N) is 1. The van der Waals surface area contributed by atoms with E-state index in [0.29, 0.717) is 0 Å². The molecule has 0 aliphatic carbocycles. The van der Waals surface area contributed by atoms with Crippen molar-refractivity contribution in [2.45, 2.75) is 6.18 Å². The fourth-order valence-corrected chi connectivity index (χ4v) is 1.43. The van der Waals surface area contributed by atoms with Gasteiger partial charge in [-0.1, -0.05) is 11.6 Å². The number of anilines is 1. The topological polar surface area (TPSA) is 52.0 Å². The quantitative estimate of drug-likeness (QED) is 0.765. The third kappa shape index (κ3) is 1.72. The SMILES string of the molecule is Nc1nc2cc(C(F)(F)F)cc(Cl)c2o1. The van der Waals surface area contributed by atoms with Crippen molar-refractivity contribution in [3.63, 3.8) is 0 Å². The Hall–Kier alpha value is -1.43. The molecule has 3 nitrogen and oxygen atoms in total. The number of aromatic nitrogens is 1. The minimum absolute atomic E-state index is 0.00711. The molecule has 0 bridgehead atoms. The molecular weight excluding hydrogens is 233 g/mol. The van der Waals surface area contributed by atoms with E-state index in [9.17, 15) is 13.2 Å². The van der Waals surface area contributed by atoms with Gasteiger partial charge in [0, 0.05) is 0 Å². The van der Waals surface area contributed by atoms with E-state index in [-0.39, 0.29) is 22.1 Å². The molecule has 0 aliphatic rings. The van der Waals surface area contributed by atoms with E-state index in [0.717, 1.165) is 12.1 Å². The van der Waals surface area contributed by atoms with E-state index in [1.165, 1.54) is 0 Å². The predicted octanol–water partition coefficient (Wildman–Crippen LogP) is 3.08. The van der Waals surface area contributed by atoms with Crippen LogP contribution >= 0.6 is 11.6 Å². The molecule has 7 heteroatoms. The van der Waals surface area contributed by atoms with Gasteiger partial charge in [0.1, 0.15) is 5.52 Å². The van der Waals surface area contributed by atoms with Crippen LogP contribution in [0.3, 0.4) is 0 Å². The van der Waals surface area contributed by atoms with Gasteiger partial charge in [0.15, 0.2) is 5.58 Å². The van der Waals surface area contributed by atoms with Gasteiger partial charge in [-0.25, -0.2) is 0 Å². The predicted molar refractivity (Wildman–Crippen MR) is 48.4 cm³/mol. The van der Waals surface area contributed by atoms with Crippen LogP contribution in [0.2, 0.25) is 5.02 Å². The Bertz CT molecular complexity index is 520. The van der Waals surface area contributed by atoms with Crippen molar-refractivity contribution in [2.75, 3.05) is 5.73 Å². The van der Waals surface area contributed by atoms with Crippen molar-refractivity contribution < 1.29 is 17.6 Å². The number of alkyl halides is 3. The van der Waals surface area contributed by atoms with Gasteiger partial charge in [-0.15, -0.1) is 0 Å². The summed E-state index contributed by atoms with van der Waals surface area (Å²) in [5.74, 6) is 0. The van der Waals surface area contributed by atoms with Gasteiger partial charge < -0.3 is 10.2 Å². The number of hydrogen-bond acceptors (Lipinski definition) is 3. The lowest BCUT2D eigenvalue weighted by Crippen LogP contribution is -2.04. The molecule has 15 heavy (non-hydrogen) atoms. The lowest BCUT2D eigenvalue weighted by Gasteiger charge is -2.05. The molecule has 1 aromatic heterocycles. The van der Waals surface area contributed by atoms with Gasteiger partial charge in [0.25, 0.3) is 6.01 Å². The van der Waals surface area contributed by atoms with Crippen LogP contribution in [0.1, 0.15) is 5.56 Å². The molecule has 0 amide bonds. The summed E-state index contributed by atoms with van der Waals surface area (Å²) in [4.78, 5) is 3.57. The van der Waals surface area contributed by atoms with Crippen molar-refractivity contribution in [1.82, 2.24) is 4.98 Å². The van der Waals surface area contributed by atoms with Gasteiger partial charge in [-0.05, 0) is 12.1 Å². The van der Waals surface area contributed by atoms with E-state index in [4.69, 9.17) is 21.8 Å². The summed E-state index contributed by atoms with van der Waals surface area (Å²) < 4.78 is 41.9. The first kappa shape index (κ1) is 10.1. The first-order valence-electron chi connectivity index (χ1n) is 3.80. The summed E-state index contributed by atoms with van der Waals surface area (Å²) in [5, 5.41) is -0.163. The summed E-state index contributed by atoms with van der Waals surface area (Å²) in [5.41, 5.74) is 4.37. The van der Waals surface area contributed by atoms with Crippen LogP contribution in [0.25, 0.3) is 11.1 Å². The van der Waals surface area contributed by atoms with Crippen LogP contribution < -0.4 is 5.73 Å². The zero-order chi connectivity index (χ0) is 11.2. The van der Waals surface area contributed by atoms with E-state index in [2.05, 4.69) is 4.98 Å².